The normalized spacial score (nSPS) is 18.5. The molecule has 2 N–H and O–H groups in total. The lowest BCUT2D eigenvalue weighted by molar-refractivity contribution is -0.585. The van der Waals surface area contributed by atoms with Crippen LogP contribution in [0, 0.1) is 0 Å². The molecule has 1 heterocycles. The van der Waals surface area contributed by atoms with Crippen LogP contribution in [0.1, 0.15) is 18.9 Å². The summed E-state index contributed by atoms with van der Waals surface area (Å²) in [5, 5.41) is 14.0. The number of ether oxygens (including phenoxy) is 1. The first-order valence-corrected chi connectivity index (χ1v) is 8.67. The minimum absolute atomic E-state index is 0.188. The fourth-order valence-corrected chi connectivity index (χ4v) is 3.09. The number of alkyl halides is 2. The number of aliphatic hydroxyl groups is 1. The highest BCUT2D eigenvalue weighted by Gasteiger charge is 2.38. The van der Waals surface area contributed by atoms with Crippen LogP contribution in [-0.2, 0) is 0 Å². The minimum Gasteiger partial charge on any atom is -0.460 e. The van der Waals surface area contributed by atoms with Gasteiger partial charge in [0.05, 0.1) is 6.54 Å². The van der Waals surface area contributed by atoms with Gasteiger partial charge in [-0.1, -0.05) is 30.3 Å². The zero-order valence-corrected chi connectivity index (χ0v) is 14.7. The molecule has 0 unspecified atom stereocenters. The summed E-state index contributed by atoms with van der Waals surface area (Å²) in [4.78, 5) is 0. The Labute approximate surface area is 151 Å². The first-order chi connectivity index (χ1) is 12.4. The Bertz CT molecular complexity index is 767. The second-order valence-corrected chi connectivity index (χ2v) is 6.58. The third-order valence-corrected chi connectivity index (χ3v) is 4.29. The molecule has 138 valence electrons. The summed E-state index contributed by atoms with van der Waals surface area (Å²) < 4.78 is 34.7. The van der Waals surface area contributed by atoms with E-state index in [1.807, 2.05) is 18.2 Å². The van der Waals surface area contributed by atoms with Crippen molar-refractivity contribution in [3.05, 3.63) is 60.2 Å². The molecule has 6 heteroatoms. The second kappa shape index (κ2) is 7.83. The summed E-state index contributed by atoms with van der Waals surface area (Å²) in [6, 6.07) is 15.9. The molecular formula is C20H23F2N2O2+. The number of rotatable bonds is 6. The minimum atomic E-state index is -2.92. The molecule has 1 saturated heterocycles. The fraction of sp³-hybridized carbons (Fsp3) is 0.350. The van der Waals surface area contributed by atoms with E-state index in [0.717, 1.165) is 13.5 Å². The van der Waals surface area contributed by atoms with Crippen molar-refractivity contribution in [1.29, 1.82) is 0 Å². The maximum atomic E-state index is 13.7. The number of nitrogens with zero attached hydrogens (tertiary/aromatic N) is 1. The van der Waals surface area contributed by atoms with Crippen LogP contribution in [0.4, 0.5) is 8.78 Å². The van der Waals surface area contributed by atoms with E-state index < -0.39 is 12.5 Å². The van der Waals surface area contributed by atoms with Gasteiger partial charge in [0.15, 0.2) is 6.04 Å². The second-order valence-electron chi connectivity index (χ2n) is 6.58. The van der Waals surface area contributed by atoms with E-state index in [2.05, 4.69) is 5.32 Å². The van der Waals surface area contributed by atoms with Gasteiger partial charge in [-0.2, -0.15) is 13.4 Å². The Hall–Kier alpha value is -2.47. The Kier molecular flexibility index (Phi) is 5.52. The van der Waals surface area contributed by atoms with Crippen LogP contribution in [0.5, 0.6) is 11.5 Å². The first-order valence-electron chi connectivity index (χ1n) is 8.67. The highest BCUT2D eigenvalue weighted by Crippen LogP contribution is 2.26. The fourth-order valence-electron chi connectivity index (χ4n) is 3.09. The van der Waals surface area contributed by atoms with Crippen LogP contribution in [0.25, 0.3) is 0 Å². The zero-order valence-electron chi connectivity index (χ0n) is 14.7. The smallest absolute Gasteiger partial charge is 0.371 e. The van der Waals surface area contributed by atoms with Crippen molar-refractivity contribution in [3.63, 3.8) is 0 Å². The average Bonchev–Trinajstić information content (AvgIpc) is 3.14. The van der Waals surface area contributed by atoms with E-state index in [1.54, 1.807) is 36.4 Å². The molecule has 0 saturated carbocycles. The number of para-hydroxylation sites is 2. The van der Waals surface area contributed by atoms with E-state index in [9.17, 15) is 13.9 Å². The molecule has 3 rings (SSSR count). The third kappa shape index (κ3) is 4.58. The van der Waals surface area contributed by atoms with Gasteiger partial charge < -0.3 is 15.2 Å². The highest BCUT2D eigenvalue weighted by atomic mass is 19.3. The molecule has 4 nitrogen and oxygen atoms in total. The number of halogens is 2. The molecule has 1 aliphatic rings. The third-order valence-electron chi connectivity index (χ3n) is 4.29. The van der Waals surface area contributed by atoms with Gasteiger partial charge in [0, 0.05) is 19.9 Å². The van der Waals surface area contributed by atoms with E-state index >= 15 is 0 Å². The zero-order chi connectivity index (χ0) is 18.6. The Morgan fingerprint density at radius 3 is 2.54 bits per heavy atom. The van der Waals surface area contributed by atoms with Crippen molar-refractivity contribution in [3.8, 4) is 11.5 Å². The molecule has 1 fully saturated rings. The lowest BCUT2D eigenvalue weighted by Gasteiger charge is -2.16. The molecule has 1 atom stereocenters. The van der Waals surface area contributed by atoms with Gasteiger partial charge in [-0.05, 0) is 24.3 Å². The quantitative estimate of drug-likeness (QED) is 0.467. The molecule has 1 aliphatic heterocycles. The van der Waals surface area contributed by atoms with E-state index in [-0.39, 0.29) is 11.9 Å². The summed E-state index contributed by atoms with van der Waals surface area (Å²) in [7, 11) is 0. The largest absolute Gasteiger partial charge is 0.460 e. The van der Waals surface area contributed by atoms with Crippen LogP contribution in [0.3, 0.4) is 0 Å². The summed E-state index contributed by atoms with van der Waals surface area (Å²) in [5.41, 5.74) is 0.396. The van der Waals surface area contributed by atoms with Crippen molar-refractivity contribution in [2.75, 3.05) is 19.6 Å². The van der Waals surface area contributed by atoms with E-state index in [1.165, 1.54) is 4.58 Å². The van der Waals surface area contributed by atoms with E-state index in [0.29, 0.717) is 30.0 Å². The van der Waals surface area contributed by atoms with Crippen LogP contribution in [0.2, 0.25) is 0 Å². The molecule has 0 aliphatic carbocycles. The van der Waals surface area contributed by atoms with Gasteiger partial charge in [0.25, 0.3) is 0 Å². The van der Waals surface area contributed by atoms with E-state index in [4.69, 9.17) is 4.74 Å². The summed E-state index contributed by atoms with van der Waals surface area (Å²) in [6.45, 7) is 1.61. The van der Waals surface area contributed by atoms with Crippen molar-refractivity contribution in [2.24, 2.45) is 0 Å². The Morgan fingerprint density at radius 1 is 1.19 bits per heavy atom. The van der Waals surface area contributed by atoms with Crippen LogP contribution in [0.15, 0.2) is 54.6 Å². The Balaban J connectivity index is 2.00. The molecule has 0 bridgehead atoms. The Morgan fingerprint density at radius 2 is 1.88 bits per heavy atom. The van der Waals surface area contributed by atoms with Gasteiger partial charge in [-0.3, -0.25) is 0 Å². The average molecular weight is 361 g/mol. The monoisotopic (exact) mass is 361 g/mol. The van der Waals surface area contributed by atoms with Gasteiger partial charge >= 0.3 is 11.8 Å². The molecule has 0 aromatic heterocycles. The maximum Gasteiger partial charge on any atom is 0.371 e. The number of hydrogen-bond donors (Lipinski definition) is 2. The first kappa shape index (κ1) is 18.3. The van der Waals surface area contributed by atoms with Gasteiger partial charge in [-0.25, -0.2) is 0 Å². The topological polar surface area (TPSA) is 44.5 Å². The summed E-state index contributed by atoms with van der Waals surface area (Å²) >= 11 is 0. The predicted octanol–water partition coefficient (Wildman–Crippen LogP) is 3.81. The van der Waals surface area contributed by atoms with Crippen molar-refractivity contribution >= 4 is 5.90 Å². The predicted molar refractivity (Wildman–Crippen MR) is 96.7 cm³/mol. The van der Waals surface area contributed by atoms with Gasteiger partial charge in [0.1, 0.15) is 17.1 Å². The van der Waals surface area contributed by atoms with Crippen LogP contribution >= 0.6 is 0 Å². The molecule has 2 aromatic rings. The highest BCUT2D eigenvalue weighted by molar-refractivity contribution is 5.91. The SMILES string of the molecule is CC(F)(F)C[N+](=C(O)c1ccccc1Oc1ccccc1)[C@H]1CCNC1. The van der Waals surface area contributed by atoms with Crippen LogP contribution in [-0.4, -0.2) is 47.2 Å². The van der Waals surface area contributed by atoms with Crippen molar-refractivity contribution in [2.45, 2.75) is 25.3 Å². The molecule has 0 spiro atoms. The summed E-state index contributed by atoms with van der Waals surface area (Å²) in [5.74, 6) is -2.08. The van der Waals surface area contributed by atoms with Crippen molar-refractivity contribution in [1.82, 2.24) is 5.32 Å². The molecule has 0 radical (unpaired) electrons. The molecule has 2 aromatic carbocycles. The lowest BCUT2D eigenvalue weighted by atomic mass is 10.1. The standard InChI is InChI=1S/C20H22F2N2O2/c1-20(21,22)14-24(15-11-12-23-13-15)19(25)17-9-5-6-10-18(17)26-16-7-3-2-4-8-16/h2-10,15,23H,11-14H2,1H3/p+1/t15-/m0/s1. The van der Waals surface area contributed by atoms with Gasteiger partial charge in [-0.15, -0.1) is 0 Å². The molecule has 26 heavy (non-hydrogen) atoms. The summed E-state index contributed by atoms with van der Waals surface area (Å²) in [6.07, 6.45) is 0.696. The van der Waals surface area contributed by atoms with Gasteiger partial charge in [0.2, 0.25) is 6.54 Å². The maximum absolute atomic E-state index is 13.7. The van der Waals surface area contributed by atoms with Crippen molar-refractivity contribution < 1.29 is 23.2 Å². The number of hydrogen-bond acceptors (Lipinski definition) is 2. The number of benzene rings is 2. The molecular weight excluding hydrogens is 338 g/mol. The molecule has 0 amide bonds. The number of nitrogens with one attached hydrogen (secondary N) is 1. The van der Waals surface area contributed by atoms with Crippen LogP contribution < -0.4 is 10.1 Å². The lowest BCUT2D eigenvalue weighted by Crippen LogP contribution is -2.40. The number of aliphatic hydroxyl groups excluding tert-OH is 1.